The molecular weight excluding hydrogens is 556 g/mol. The fourth-order valence-electron chi connectivity index (χ4n) is 7.30. The summed E-state index contributed by atoms with van der Waals surface area (Å²) in [6, 6.07) is 20.3. The molecule has 44 heavy (non-hydrogen) atoms. The van der Waals surface area contributed by atoms with Gasteiger partial charge in [-0.25, -0.2) is 0 Å². The van der Waals surface area contributed by atoms with E-state index in [2.05, 4.69) is 47.6 Å². The second-order valence-corrected chi connectivity index (χ2v) is 11.9. The molecule has 0 radical (unpaired) electrons. The normalized spacial score (nSPS) is 20.2. The van der Waals surface area contributed by atoms with Crippen molar-refractivity contribution < 1.29 is 29.2 Å². The lowest BCUT2D eigenvalue weighted by molar-refractivity contribution is 0.135. The van der Waals surface area contributed by atoms with Crippen molar-refractivity contribution in [2.45, 2.75) is 43.8 Å². The fourth-order valence-corrected chi connectivity index (χ4v) is 7.30. The summed E-state index contributed by atoms with van der Waals surface area (Å²) >= 11 is 0. The topological polar surface area (TPSA) is 92.7 Å². The third-order valence-corrected chi connectivity index (χ3v) is 9.61. The second kappa shape index (κ2) is 11.3. The van der Waals surface area contributed by atoms with E-state index in [1.165, 1.54) is 16.7 Å². The Morgan fingerprint density at radius 2 is 1.50 bits per heavy atom. The number of ether oxygens (including phenoxy) is 4. The number of aromatic hydroxyl groups is 2. The van der Waals surface area contributed by atoms with E-state index in [0.717, 1.165) is 53.1 Å². The first-order valence-electron chi connectivity index (χ1n) is 15.1. The van der Waals surface area contributed by atoms with Gasteiger partial charge in [-0.2, -0.15) is 0 Å². The molecule has 8 heteroatoms. The standard InChI is InChI=1S/C36H38N2O6/c1-38-30-14-22-15-32(39)33(40)18-26(22)31(38)17-28-27(30)19-34(42-3)36(43-4)35(28)44-24-10-7-21-11-12-37-29(25(21)16-24)13-20-5-8-23(41-2)9-6-20/h5-10,15-16,18-19,29-31,37,39-40H,11-14,17H2,1-4H3/t29-,30+,31+/m0/s1. The average Bonchev–Trinajstić information content (AvgIpc) is 3.03. The summed E-state index contributed by atoms with van der Waals surface area (Å²) in [6.45, 7) is 0.927. The molecule has 4 aromatic carbocycles. The Labute approximate surface area is 257 Å². The molecule has 0 aromatic heterocycles. The van der Waals surface area contributed by atoms with Crippen LogP contribution in [0.2, 0.25) is 0 Å². The smallest absolute Gasteiger partial charge is 0.204 e. The molecule has 3 heterocycles. The summed E-state index contributed by atoms with van der Waals surface area (Å²) in [6.07, 6.45) is 3.16. The molecule has 0 spiro atoms. The number of phenolic OH excluding ortho intramolecular Hbond substituents is 2. The predicted octanol–water partition coefficient (Wildman–Crippen LogP) is 6.17. The van der Waals surface area contributed by atoms with Gasteiger partial charge in [0, 0.05) is 23.7 Å². The Hall–Kier alpha value is -4.40. The van der Waals surface area contributed by atoms with Gasteiger partial charge < -0.3 is 34.5 Å². The van der Waals surface area contributed by atoms with E-state index in [-0.39, 0.29) is 29.6 Å². The van der Waals surface area contributed by atoms with Crippen molar-refractivity contribution in [3.63, 3.8) is 0 Å². The highest BCUT2D eigenvalue weighted by atomic mass is 16.5. The van der Waals surface area contributed by atoms with Crippen molar-refractivity contribution in [1.82, 2.24) is 10.2 Å². The van der Waals surface area contributed by atoms with Crippen LogP contribution in [0.1, 0.15) is 57.1 Å². The lowest BCUT2D eigenvalue weighted by Crippen LogP contribution is -2.40. The Balaban J connectivity index is 1.27. The lowest BCUT2D eigenvalue weighted by atomic mass is 9.76. The van der Waals surface area contributed by atoms with Gasteiger partial charge in [-0.15, -0.1) is 0 Å². The molecule has 7 rings (SSSR count). The highest BCUT2D eigenvalue weighted by molar-refractivity contribution is 5.64. The van der Waals surface area contributed by atoms with Gasteiger partial charge in [0.15, 0.2) is 23.0 Å². The highest BCUT2D eigenvalue weighted by Crippen LogP contribution is 2.55. The van der Waals surface area contributed by atoms with Crippen LogP contribution in [-0.4, -0.2) is 50.0 Å². The Kier molecular flexibility index (Phi) is 7.26. The van der Waals surface area contributed by atoms with Crippen molar-refractivity contribution in [2.75, 3.05) is 34.9 Å². The van der Waals surface area contributed by atoms with Crippen molar-refractivity contribution in [3.8, 4) is 40.2 Å². The van der Waals surface area contributed by atoms with Crippen molar-refractivity contribution in [1.29, 1.82) is 0 Å². The molecule has 0 unspecified atom stereocenters. The number of hydrogen-bond acceptors (Lipinski definition) is 8. The van der Waals surface area contributed by atoms with Crippen LogP contribution in [-0.2, 0) is 25.7 Å². The molecule has 228 valence electrons. The molecule has 0 saturated carbocycles. The Morgan fingerprint density at radius 3 is 2.25 bits per heavy atom. The van der Waals surface area contributed by atoms with E-state index in [9.17, 15) is 10.2 Å². The van der Waals surface area contributed by atoms with Gasteiger partial charge in [0.2, 0.25) is 5.75 Å². The van der Waals surface area contributed by atoms with E-state index in [1.54, 1.807) is 33.5 Å². The minimum Gasteiger partial charge on any atom is -0.504 e. The van der Waals surface area contributed by atoms with Gasteiger partial charge in [-0.05, 0) is 115 Å². The largest absolute Gasteiger partial charge is 0.504 e. The summed E-state index contributed by atoms with van der Waals surface area (Å²) in [7, 11) is 7.09. The first-order chi connectivity index (χ1) is 21.4. The van der Waals surface area contributed by atoms with E-state index in [1.807, 2.05) is 18.2 Å². The van der Waals surface area contributed by atoms with E-state index >= 15 is 0 Å². The minimum atomic E-state index is -0.1000. The Morgan fingerprint density at radius 1 is 0.750 bits per heavy atom. The molecule has 3 aliphatic rings. The third kappa shape index (κ3) is 4.78. The third-order valence-electron chi connectivity index (χ3n) is 9.61. The van der Waals surface area contributed by atoms with Crippen LogP contribution in [0.3, 0.4) is 0 Å². The zero-order valence-electron chi connectivity index (χ0n) is 25.5. The molecule has 3 atom stereocenters. The van der Waals surface area contributed by atoms with Crippen LogP contribution in [0.25, 0.3) is 0 Å². The van der Waals surface area contributed by atoms with Crippen molar-refractivity contribution in [2.24, 2.45) is 0 Å². The monoisotopic (exact) mass is 594 g/mol. The molecule has 0 fully saturated rings. The number of nitrogens with one attached hydrogen (secondary N) is 1. The first kappa shape index (κ1) is 28.4. The SMILES string of the molecule is COc1ccc(C[C@@H]2NCCc3ccc(Oc4c5c(cc(OC)c4OC)[C@H]4Cc6cc(O)c(O)cc6[C@@H](C5)N4C)cc32)cc1. The maximum Gasteiger partial charge on any atom is 0.204 e. The zero-order valence-corrected chi connectivity index (χ0v) is 25.5. The summed E-state index contributed by atoms with van der Waals surface area (Å²) in [5.74, 6) is 3.25. The van der Waals surface area contributed by atoms with Crippen molar-refractivity contribution >= 4 is 0 Å². The van der Waals surface area contributed by atoms with Crippen LogP contribution in [0.5, 0.6) is 40.2 Å². The quantitative estimate of drug-likeness (QED) is 0.219. The van der Waals surface area contributed by atoms with Crippen LogP contribution in [0.15, 0.2) is 60.7 Å². The predicted molar refractivity (Wildman–Crippen MR) is 168 cm³/mol. The van der Waals surface area contributed by atoms with Gasteiger partial charge in [-0.3, -0.25) is 4.90 Å². The lowest BCUT2D eigenvalue weighted by Gasteiger charge is -2.46. The maximum atomic E-state index is 10.3. The second-order valence-electron chi connectivity index (χ2n) is 11.9. The van der Waals surface area contributed by atoms with Crippen LogP contribution in [0, 0.1) is 0 Å². The molecule has 4 aromatic rings. The van der Waals surface area contributed by atoms with E-state index in [4.69, 9.17) is 18.9 Å². The minimum absolute atomic E-state index is 0.00445. The molecule has 0 amide bonds. The average molecular weight is 595 g/mol. The van der Waals surface area contributed by atoms with E-state index in [0.29, 0.717) is 30.1 Å². The summed E-state index contributed by atoms with van der Waals surface area (Å²) in [5, 5.41) is 24.3. The molecule has 2 bridgehead atoms. The molecule has 3 aliphatic heterocycles. The molecule has 0 saturated heterocycles. The number of rotatable bonds is 7. The summed E-state index contributed by atoms with van der Waals surface area (Å²) in [5.41, 5.74) is 8.05. The summed E-state index contributed by atoms with van der Waals surface area (Å²) < 4.78 is 23.9. The number of fused-ring (bicyclic) bond motifs is 7. The maximum absolute atomic E-state index is 10.3. The number of methoxy groups -OCH3 is 3. The molecule has 8 nitrogen and oxygen atoms in total. The Bertz CT molecular complexity index is 1720. The molecule has 3 N–H and O–H groups in total. The summed E-state index contributed by atoms with van der Waals surface area (Å²) in [4.78, 5) is 2.34. The number of benzene rings is 4. The van der Waals surface area contributed by atoms with Gasteiger partial charge in [-0.1, -0.05) is 18.2 Å². The van der Waals surface area contributed by atoms with E-state index < -0.39 is 0 Å². The van der Waals surface area contributed by atoms with Gasteiger partial charge >= 0.3 is 0 Å². The van der Waals surface area contributed by atoms with Gasteiger partial charge in [0.25, 0.3) is 0 Å². The molecule has 0 aliphatic carbocycles. The number of nitrogens with zero attached hydrogens (tertiary/aromatic N) is 1. The first-order valence-corrected chi connectivity index (χ1v) is 15.1. The van der Waals surface area contributed by atoms with Crippen LogP contribution >= 0.6 is 0 Å². The van der Waals surface area contributed by atoms with Crippen LogP contribution in [0.4, 0.5) is 0 Å². The van der Waals surface area contributed by atoms with Crippen LogP contribution < -0.4 is 24.3 Å². The zero-order chi connectivity index (χ0) is 30.5. The van der Waals surface area contributed by atoms with Crippen molar-refractivity contribution in [3.05, 3.63) is 99.6 Å². The van der Waals surface area contributed by atoms with Gasteiger partial charge in [0.1, 0.15) is 11.5 Å². The van der Waals surface area contributed by atoms with Gasteiger partial charge in [0.05, 0.1) is 21.3 Å². The number of phenols is 2. The fraction of sp³-hybridized carbons (Fsp3) is 0.333. The highest BCUT2D eigenvalue weighted by Gasteiger charge is 2.41. The molecular formula is C36H38N2O6. The number of hydrogen-bond donors (Lipinski definition) is 3. The number of likely N-dealkylation sites (N-methyl/N-ethyl adjacent to an activating group) is 1.